The van der Waals surface area contributed by atoms with E-state index in [1.54, 1.807) is 12.4 Å². The number of hydrogen-bond acceptors (Lipinski definition) is 5. The van der Waals surface area contributed by atoms with E-state index < -0.39 is 0 Å². The molecule has 0 bridgehead atoms. The smallest absolute Gasteiger partial charge is 0.251 e. The Morgan fingerprint density at radius 3 is 2.58 bits per heavy atom. The molecule has 1 aliphatic rings. The predicted octanol–water partition coefficient (Wildman–Crippen LogP) is 4.36. The van der Waals surface area contributed by atoms with Crippen LogP contribution >= 0.6 is 0 Å². The van der Waals surface area contributed by atoms with Crippen molar-refractivity contribution >= 4 is 5.91 Å². The third-order valence-electron chi connectivity index (χ3n) is 5.81. The first-order chi connectivity index (χ1) is 16.0. The lowest BCUT2D eigenvalue weighted by atomic mass is 10.00. The number of pyridine rings is 1. The highest BCUT2D eigenvalue weighted by molar-refractivity contribution is 5.97. The molecular formula is C26H26N6O. The quantitative estimate of drug-likeness (QED) is 0.463. The summed E-state index contributed by atoms with van der Waals surface area (Å²) in [5.41, 5.74) is 6.91. The molecule has 1 fully saturated rings. The first-order valence-corrected chi connectivity index (χ1v) is 11.2. The van der Waals surface area contributed by atoms with Crippen LogP contribution in [-0.4, -0.2) is 30.6 Å². The van der Waals surface area contributed by atoms with Gasteiger partial charge in [0.05, 0.1) is 35.5 Å². The van der Waals surface area contributed by atoms with Gasteiger partial charge in [0, 0.05) is 41.8 Å². The average molecular weight is 439 g/mol. The molecule has 166 valence electrons. The van der Waals surface area contributed by atoms with Crippen molar-refractivity contribution in [3.05, 3.63) is 83.7 Å². The second-order valence-electron chi connectivity index (χ2n) is 8.69. The van der Waals surface area contributed by atoms with Crippen LogP contribution in [0.1, 0.15) is 40.2 Å². The van der Waals surface area contributed by atoms with Crippen molar-refractivity contribution in [1.29, 1.82) is 0 Å². The molecule has 33 heavy (non-hydrogen) atoms. The molecule has 1 saturated carbocycles. The summed E-state index contributed by atoms with van der Waals surface area (Å²) in [6.45, 7) is 5.11. The van der Waals surface area contributed by atoms with Gasteiger partial charge in [-0.05, 0) is 68.5 Å². The maximum absolute atomic E-state index is 13.1. The zero-order valence-corrected chi connectivity index (χ0v) is 18.8. The van der Waals surface area contributed by atoms with Crippen LogP contribution in [0.3, 0.4) is 0 Å². The Balaban J connectivity index is 1.48. The standard InChI is InChI=1S/C26H26N6O/c1-17-3-6-24(29-12-17)20-9-21(25-7-8-31-32(25)16-19-4-5-19)11-22(10-20)26(33)30-15-23-14-27-18(2)13-28-23/h3,6-14,19H,4-5,15-16H2,1-2H3,(H,30,33). The lowest BCUT2D eigenvalue weighted by molar-refractivity contribution is 0.0950. The summed E-state index contributed by atoms with van der Waals surface area (Å²) < 4.78 is 2.04. The fourth-order valence-corrected chi connectivity index (χ4v) is 3.74. The summed E-state index contributed by atoms with van der Waals surface area (Å²) in [6.07, 6.45) is 9.55. The third kappa shape index (κ3) is 4.98. The number of rotatable bonds is 7. The highest BCUT2D eigenvalue weighted by Crippen LogP contribution is 2.33. The molecule has 0 saturated heterocycles. The second kappa shape index (κ2) is 8.94. The van der Waals surface area contributed by atoms with Crippen LogP contribution < -0.4 is 5.32 Å². The molecule has 3 heterocycles. The molecule has 1 aliphatic carbocycles. The monoisotopic (exact) mass is 438 g/mol. The summed E-state index contributed by atoms with van der Waals surface area (Å²) in [4.78, 5) is 26.3. The topological polar surface area (TPSA) is 85.6 Å². The largest absolute Gasteiger partial charge is 0.346 e. The molecule has 0 unspecified atom stereocenters. The third-order valence-corrected chi connectivity index (χ3v) is 5.81. The first kappa shape index (κ1) is 21.0. The van der Waals surface area contributed by atoms with Crippen molar-refractivity contribution in [3.8, 4) is 22.5 Å². The van der Waals surface area contributed by atoms with Crippen LogP contribution in [0.5, 0.6) is 0 Å². The first-order valence-electron chi connectivity index (χ1n) is 11.2. The number of aromatic nitrogens is 5. The fourth-order valence-electron chi connectivity index (χ4n) is 3.74. The van der Waals surface area contributed by atoms with Gasteiger partial charge >= 0.3 is 0 Å². The normalized spacial score (nSPS) is 13.2. The highest BCUT2D eigenvalue weighted by Gasteiger charge is 2.23. The zero-order chi connectivity index (χ0) is 22.8. The number of hydrogen-bond donors (Lipinski definition) is 1. The molecule has 4 aromatic rings. The van der Waals surface area contributed by atoms with Crippen LogP contribution in [0.25, 0.3) is 22.5 Å². The molecule has 0 aliphatic heterocycles. The Hall–Kier alpha value is -3.87. The molecule has 7 nitrogen and oxygen atoms in total. The second-order valence-corrected chi connectivity index (χ2v) is 8.69. The minimum atomic E-state index is -0.166. The molecular weight excluding hydrogens is 412 g/mol. The minimum absolute atomic E-state index is 0.166. The van der Waals surface area contributed by atoms with Crippen molar-refractivity contribution < 1.29 is 4.79 Å². The van der Waals surface area contributed by atoms with Gasteiger partial charge in [0.2, 0.25) is 0 Å². The molecule has 0 atom stereocenters. The molecule has 3 aromatic heterocycles. The Kier molecular flexibility index (Phi) is 5.69. The number of nitrogens with zero attached hydrogens (tertiary/aromatic N) is 5. The number of aryl methyl sites for hydroxylation is 2. The Labute approximate surface area is 192 Å². The van der Waals surface area contributed by atoms with Crippen molar-refractivity contribution in [2.75, 3.05) is 0 Å². The van der Waals surface area contributed by atoms with Gasteiger partial charge in [0.1, 0.15) is 0 Å². The van der Waals surface area contributed by atoms with Crippen molar-refractivity contribution in [2.24, 2.45) is 5.92 Å². The fraction of sp³-hybridized carbons (Fsp3) is 0.269. The van der Waals surface area contributed by atoms with Crippen LogP contribution in [0, 0.1) is 19.8 Å². The van der Waals surface area contributed by atoms with E-state index in [2.05, 4.69) is 31.4 Å². The molecule has 1 amide bonds. The number of nitrogens with one attached hydrogen (secondary N) is 1. The lowest BCUT2D eigenvalue weighted by Crippen LogP contribution is -2.23. The van der Waals surface area contributed by atoms with Gasteiger partial charge in [-0.25, -0.2) is 0 Å². The van der Waals surface area contributed by atoms with E-state index >= 15 is 0 Å². The van der Waals surface area contributed by atoms with E-state index in [0.29, 0.717) is 23.7 Å². The number of amides is 1. The summed E-state index contributed by atoms with van der Waals surface area (Å²) in [5.74, 6) is 0.532. The Bertz CT molecular complexity index is 1270. The van der Waals surface area contributed by atoms with Gasteiger partial charge in [-0.1, -0.05) is 6.07 Å². The van der Waals surface area contributed by atoms with E-state index in [4.69, 9.17) is 0 Å². The van der Waals surface area contributed by atoms with Crippen molar-refractivity contribution in [3.63, 3.8) is 0 Å². The van der Waals surface area contributed by atoms with Gasteiger partial charge in [0.15, 0.2) is 0 Å². The maximum atomic E-state index is 13.1. The Morgan fingerprint density at radius 1 is 1.00 bits per heavy atom. The summed E-state index contributed by atoms with van der Waals surface area (Å²) in [7, 11) is 0. The maximum Gasteiger partial charge on any atom is 0.251 e. The van der Waals surface area contributed by atoms with E-state index in [1.165, 1.54) is 12.8 Å². The molecule has 0 radical (unpaired) electrons. The van der Waals surface area contributed by atoms with Crippen LogP contribution in [0.4, 0.5) is 0 Å². The SMILES string of the molecule is Cc1ccc(-c2cc(C(=O)NCc3cnc(C)cn3)cc(-c3ccnn3CC3CC3)c2)nc1. The van der Waals surface area contributed by atoms with E-state index in [1.807, 2.05) is 61.3 Å². The van der Waals surface area contributed by atoms with Crippen molar-refractivity contribution in [1.82, 2.24) is 30.0 Å². The van der Waals surface area contributed by atoms with Gasteiger partial charge < -0.3 is 5.32 Å². The number of benzene rings is 1. The van der Waals surface area contributed by atoms with Crippen molar-refractivity contribution in [2.45, 2.75) is 39.8 Å². The molecule has 5 rings (SSSR count). The summed E-state index contributed by atoms with van der Waals surface area (Å²) in [5, 5.41) is 7.50. The van der Waals surface area contributed by atoms with Gasteiger partial charge in [0.25, 0.3) is 5.91 Å². The van der Waals surface area contributed by atoms with Gasteiger partial charge in [-0.3, -0.25) is 24.4 Å². The van der Waals surface area contributed by atoms with Gasteiger partial charge in [-0.2, -0.15) is 5.10 Å². The number of carbonyl (C=O) groups is 1. The molecule has 0 spiro atoms. The van der Waals surface area contributed by atoms with Crippen LogP contribution in [0.15, 0.2) is 61.2 Å². The van der Waals surface area contributed by atoms with E-state index in [-0.39, 0.29) is 5.91 Å². The molecule has 7 heteroatoms. The van der Waals surface area contributed by atoms with Crippen LogP contribution in [0.2, 0.25) is 0 Å². The van der Waals surface area contributed by atoms with Gasteiger partial charge in [-0.15, -0.1) is 0 Å². The minimum Gasteiger partial charge on any atom is -0.346 e. The zero-order valence-electron chi connectivity index (χ0n) is 18.8. The Morgan fingerprint density at radius 2 is 1.85 bits per heavy atom. The molecule has 1 N–H and O–H groups in total. The molecule has 1 aromatic carbocycles. The van der Waals surface area contributed by atoms with Crippen LogP contribution in [-0.2, 0) is 13.1 Å². The average Bonchev–Trinajstić information content (AvgIpc) is 3.53. The number of carbonyl (C=O) groups excluding carboxylic acids is 1. The summed E-state index contributed by atoms with van der Waals surface area (Å²) in [6, 6.07) is 11.9. The van der Waals surface area contributed by atoms with E-state index in [0.717, 1.165) is 40.3 Å². The lowest BCUT2D eigenvalue weighted by Gasteiger charge is -2.12. The van der Waals surface area contributed by atoms with E-state index in [9.17, 15) is 4.79 Å². The summed E-state index contributed by atoms with van der Waals surface area (Å²) >= 11 is 0. The predicted molar refractivity (Wildman–Crippen MR) is 126 cm³/mol. The highest BCUT2D eigenvalue weighted by atomic mass is 16.1.